The molecule has 1 aromatic rings. The summed E-state index contributed by atoms with van der Waals surface area (Å²) in [4.78, 5) is 0. The molecule has 0 heterocycles. The highest BCUT2D eigenvalue weighted by Gasteiger charge is 2.35. The van der Waals surface area contributed by atoms with Crippen LogP contribution in [0.1, 0.15) is 25.7 Å². The van der Waals surface area contributed by atoms with Gasteiger partial charge in [-0.25, -0.2) is 0 Å². The maximum Gasteiger partial charge on any atom is 0.119 e. The predicted molar refractivity (Wildman–Crippen MR) is 79.5 cm³/mol. The summed E-state index contributed by atoms with van der Waals surface area (Å²) in [7, 11) is 0. The Bertz CT molecular complexity index is 332. The Morgan fingerprint density at radius 2 is 2.06 bits per heavy atom. The van der Waals surface area contributed by atoms with E-state index in [4.69, 9.17) is 4.74 Å². The minimum atomic E-state index is 0.542. The van der Waals surface area contributed by atoms with Gasteiger partial charge in [0.15, 0.2) is 0 Å². The summed E-state index contributed by atoms with van der Waals surface area (Å²) >= 11 is 2.03. The van der Waals surface area contributed by atoms with E-state index in [1.807, 2.05) is 42.1 Å². The van der Waals surface area contributed by atoms with Crippen LogP contribution in [0, 0.1) is 0 Å². The smallest absolute Gasteiger partial charge is 0.119 e. The van der Waals surface area contributed by atoms with Gasteiger partial charge in [0.2, 0.25) is 0 Å². The fourth-order valence-electron chi connectivity index (χ4n) is 2.24. The molecular formula is C15H23NOS. The fourth-order valence-corrected chi connectivity index (χ4v) is 3.19. The Kier molecular flexibility index (Phi) is 5.39. The standard InChI is InChI=1S/C15H23NOS/c1-18-15(9-5-10-15)13-16-11-6-12-17-14-7-3-2-4-8-14/h2-4,7-8,16H,5-6,9-13H2,1H3. The summed E-state index contributed by atoms with van der Waals surface area (Å²) < 4.78 is 6.20. The van der Waals surface area contributed by atoms with E-state index < -0.39 is 0 Å². The van der Waals surface area contributed by atoms with Crippen LogP contribution in [0.5, 0.6) is 5.75 Å². The van der Waals surface area contributed by atoms with Crippen molar-refractivity contribution < 1.29 is 4.74 Å². The average Bonchev–Trinajstić information content (AvgIpc) is 2.37. The van der Waals surface area contributed by atoms with Crippen LogP contribution in [0.2, 0.25) is 0 Å². The zero-order chi connectivity index (χ0) is 12.7. The van der Waals surface area contributed by atoms with E-state index in [9.17, 15) is 0 Å². The summed E-state index contributed by atoms with van der Waals surface area (Å²) in [5, 5.41) is 3.56. The predicted octanol–water partition coefficient (Wildman–Crippen LogP) is 3.33. The molecule has 0 bridgehead atoms. The van der Waals surface area contributed by atoms with Crippen LogP contribution in [0.25, 0.3) is 0 Å². The molecule has 0 saturated heterocycles. The molecule has 100 valence electrons. The third-order valence-electron chi connectivity index (χ3n) is 3.65. The van der Waals surface area contributed by atoms with Crippen molar-refractivity contribution in [3.8, 4) is 5.75 Å². The van der Waals surface area contributed by atoms with E-state index >= 15 is 0 Å². The molecule has 1 aliphatic carbocycles. The second kappa shape index (κ2) is 7.05. The highest BCUT2D eigenvalue weighted by molar-refractivity contribution is 8.00. The fraction of sp³-hybridized carbons (Fsp3) is 0.600. The largest absolute Gasteiger partial charge is 0.494 e. The molecule has 0 aromatic heterocycles. The Hall–Kier alpha value is -0.670. The number of thioether (sulfide) groups is 1. The van der Waals surface area contributed by atoms with Gasteiger partial charge >= 0.3 is 0 Å². The Morgan fingerprint density at radius 1 is 1.28 bits per heavy atom. The Labute approximate surface area is 114 Å². The van der Waals surface area contributed by atoms with Crippen molar-refractivity contribution in [1.29, 1.82) is 0 Å². The van der Waals surface area contributed by atoms with E-state index in [1.54, 1.807) is 0 Å². The lowest BCUT2D eigenvalue weighted by Gasteiger charge is -2.40. The maximum atomic E-state index is 5.66. The van der Waals surface area contributed by atoms with Crippen LogP contribution < -0.4 is 10.1 Å². The maximum absolute atomic E-state index is 5.66. The highest BCUT2D eigenvalue weighted by atomic mass is 32.2. The van der Waals surface area contributed by atoms with Crippen molar-refractivity contribution >= 4 is 11.8 Å². The molecule has 1 aliphatic rings. The number of para-hydroxylation sites is 1. The molecule has 1 saturated carbocycles. The van der Waals surface area contributed by atoms with Crippen LogP contribution in [0.15, 0.2) is 30.3 Å². The van der Waals surface area contributed by atoms with E-state index in [0.29, 0.717) is 4.75 Å². The van der Waals surface area contributed by atoms with Gasteiger partial charge in [0, 0.05) is 11.3 Å². The lowest BCUT2D eigenvalue weighted by Crippen LogP contribution is -2.43. The number of ether oxygens (including phenoxy) is 1. The van der Waals surface area contributed by atoms with Gasteiger partial charge in [-0.1, -0.05) is 24.6 Å². The average molecular weight is 265 g/mol. The summed E-state index contributed by atoms with van der Waals surface area (Å²) in [6.45, 7) is 3.00. The van der Waals surface area contributed by atoms with Crippen LogP contribution in [-0.4, -0.2) is 30.7 Å². The topological polar surface area (TPSA) is 21.3 Å². The summed E-state index contributed by atoms with van der Waals surface area (Å²) in [5.74, 6) is 0.970. The Balaban J connectivity index is 1.51. The Morgan fingerprint density at radius 3 is 2.67 bits per heavy atom. The van der Waals surface area contributed by atoms with Gasteiger partial charge in [0.1, 0.15) is 5.75 Å². The van der Waals surface area contributed by atoms with Crippen molar-refractivity contribution in [3.63, 3.8) is 0 Å². The molecule has 1 aromatic carbocycles. The lowest BCUT2D eigenvalue weighted by molar-refractivity contribution is 0.299. The number of benzene rings is 1. The highest BCUT2D eigenvalue weighted by Crippen LogP contribution is 2.42. The van der Waals surface area contributed by atoms with Gasteiger partial charge in [0.05, 0.1) is 6.61 Å². The van der Waals surface area contributed by atoms with Crippen LogP contribution in [0.3, 0.4) is 0 Å². The molecular weight excluding hydrogens is 242 g/mol. The van der Waals surface area contributed by atoms with Gasteiger partial charge in [0.25, 0.3) is 0 Å². The minimum Gasteiger partial charge on any atom is -0.494 e. The first-order valence-electron chi connectivity index (χ1n) is 6.78. The van der Waals surface area contributed by atoms with Crippen molar-refractivity contribution in [2.24, 2.45) is 0 Å². The number of hydrogen-bond acceptors (Lipinski definition) is 3. The van der Waals surface area contributed by atoms with Crippen LogP contribution >= 0.6 is 11.8 Å². The zero-order valence-electron chi connectivity index (χ0n) is 11.2. The SMILES string of the molecule is CSC1(CNCCCOc2ccccc2)CCC1. The number of nitrogens with one attached hydrogen (secondary N) is 1. The molecule has 1 N–H and O–H groups in total. The molecule has 0 unspecified atom stereocenters. The molecule has 3 heteroatoms. The van der Waals surface area contributed by atoms with E-state index in [2.05, 4.69) is 11.6 Å². The second-order valence-corrected chi connectivity index (χ2v) is 6.21. The third-order valence-corrected chi connectivity index (χ3v) is 5.07. The second-order valence-electron chi connectivity index (χ2n) is 4.93. The quantitative estimate of drug-likeness (QED) is 0.729. The molecule has 0 amide bonds. The molecule has 18 heavy (non-hydrogen) atoms. The minimum absolute atomic E-state index is 0.542. The van der Waals surface area contributed by atoms with E-state index in [1.165, 1.54) is 19.3 Å². The molecule has 0 aliphatic heterocycles. The summed E-state index contributed by atoms with van der Waals surface area (Å²) in [6, 6.07) is 10.0. The third kappa shape index (κ3) is 3.92. The normalized spacial score (nSPS) is 17.2. The number of hydrogen-bond donors (Lipinski definition) is 1. The van der Waals surface area contributed by atoms with Crippen LogP contribution in [0.4, 0.5) is 0 Å². The number of rotatable bonds is 8. The first-order chi connectivity index (χ1) is 8.85. The van der Waals surface area contributed by atoms with Gasteiger partial charge in [-0.3, -0.25) is 0 Å². The molecule has 1 fully saturated rings. The zero-order valence-corrected chi connectivity index (χ0v) is 12.0. The monoisotopic (exact) mass is 265 g/mol. The van der Waals surface area contributed by atoms with Crippen molar-refractivity contribution in [2.45, 2.75) is 30.4 Å². The van der Waals surface area contributed by atoms with Gasteiger partial charge in [-0.15, -0.1) is 0 Å². The van der Waals surface area contributed by atoms with Crippen molar-refractivity contribution in [2.75, 3.05) is 26.0 Å². The van der Waals surface area contributed by atoms with E-state index in [0.717, 1.165) is 31.9 Å². The van der Waals surface area contributed by atoms with E-state index in [-0.39, 0.29) is 0 Å². The first kappa shape index (κ1) is 13.8. The summed E-state index contributed by atoms with van der Waals surface area (Å²) in [5.41, 5.74) is 0. The van der Waals surface area contributed by atoms with Gasteiger partial charge in [-0.2, -0.15) is 11.8 Å². The molecule has 0 radical (unpaired) electrons. The lowest BCUT2D eigenvalue weighted by atomic mass is 9.84. The molecule has 0 spiro atoms. The van der Waals surface area contributed by atoms with Gasteiger partial charge in [-0.05, 0) is 44.2 Å². The van der Waals surface area contributed by atoms with Gasteiger partial charge < -0.3 is 10.1 Å². The molecule has 2 nitrogen and oxygen atoms in total. The van der Waals surface area contributed by atoms with Crippen LogP contribution in [-0.2, 0) is 0 Å². The summed E-state index contributed by atoms with van der Waals surface area (Å²) in [6.07, 6.45) is 7.46. The van der Waals surface area contributed by atoms with Crippen molar-refractivity contribution in [1.82, 2.24) is 5.32 Å². The molecule has 2 rings (SSSR count). The molecule has 0 atom stereocenters. The van der Waals surface area contributed by atoms with Crippen molar-refractivity contribution in [3.05, 3.63) is 30.3 Å². The first-order valence-corrected chi connectivity index (χ1v) is 8.01.